The van der Waals surface area contributed by atoms with E-state index in [1.165, 1.54) is 19.3 Å². The van der Waals surface area contributed by atoms with E-state index in [2.05, 4.69) is 30.9 Å². The second kappa shape index (κ2) is 7.36. The lowest BCUT2D eigenvalue weighted by Gasteiger charge is -2.41. The summed E-state index contributed by atoms with van der Waals surface area (Å²) in [7, 11) is 0. The SMILES string of the molecule is CCOC1(C(N)Cc2ncnn2CC(C)C)CCCCC1. The molecule has 1 aromatic heterocycles. The number of nitrogens with two attached hydrogens (primary N) is 1. The smallest absolute Gasteiger partial charge is 0.138 e. The molecule has 2 N–H and O–H groups in total. The van der Waals surface area contributed by atoms with Gasteiger partial charge in [0.25, 0.3) is 0 Å². The van der Waals surface area contributed by atoms with E-state index in [1.54, 1.807) is 6.33 Å². The Morgan fingerprint density at radius 1 is 1.33 bits per heavy atom. The molecule has 5 nitrogen and oxygen atoms in total. The van der Waals surface area contributed by atoms with Gasteiger partial charge in [0.05, 0.1) is 5.60 Å². The number of hydrogen-bond donors (Lipinski definition) is 1. The van der Waals surface area contributed by atoms with Crippen molar-refractivity contribution in [2.75, 3.05) is 6.61 Å². The summed E-state index contributed by atoms with van der Waals surface area (Å²) in [6, 6.07) is -0.00661. The first-order valence-corrected chi connectivity index (χ1v) is 8.33. The quantitative estimate of drug-likeness (QED) is 0.839. The fourth-order valence-corrected chi connectivity index (χ4v) is 3.39. The van der Waals surface area contributed by atoms with E-state index in [4.69, 9.17) is 10.5 Å². The Bertz CT molecular complexity index is 418. The highest BCUT2D eigenvalue weighted by Crippen LogP contribution is 2.34. The van der Waals surface area contributed by atoms with E-state index in [0.717, 1.165) is 38.2 Å². The monoisotopic (exact) mass is 294 g/mol. The van der Waals surface area contributed by atoms with Crippen LogP contribution in [0.1, 0.15) is 58.7 Å². The van der Waals surface area contributed by atoms with E-state index in [9.17, 15) is 0 Å². The first-order chi connectivity index (χ1) is 10.1. The molecule has 0 bridgehead atoms. The number of nitrogens with zero attached hydrogens (tertiary/aromatic N) is 3. The second-order valence-electron chi connectivity index (χ2n) is 6.62. The summed E-state index contributed by atoms with van der Waals surface area (Å²) in [5.41, 5.74) is 6.39. The van der Waals surface area contributed by atoms with E-state index in [-0.39, 0.29) is 11.6 Å². The van der Waals surface area contributed by atoms with Gasteiger partial charge >= 0.3 is 0 Å². The molecule has 1 aromatic rings. The van der Waals surface area contributed by atoms with Crippen LogP contribution in [0.25, 0.3) is 0 Å². The van der Waals surface area contributed by atoms with Crippen LogP contribution in [-0.4, -0.2) is 33.0 Å². The van der Waals surface area contributed by atoms with Crippen LogP contribution < -0.4 is 5.73 Å². The Morgan fingerprint density at radius 3 is 2.67 bits per heavy atom. The Hall–Kier alpha value is -0.940. The fraction of sp³-hybridized carbons (Fsp3) is 0.875. The van der Waals surface area contributed by atoms with Crippen molar-refractivity contribution in [1.29, 1.82) is 0 Å². The summed E-state index contributed by atoms with van der Waals surface area (Å²) < 4.78 is 8.11. The summed E-state index contributed by atoms with van der Waals surface area (Å²) >= 11 is 0. The molecular formula is C16H30N4O. The molecule has 1 heterocycles. The highest BCUT2D eigenvalue weighted by molar-refractivity contribution is 5.00. The topological polar surface area (TPSA) is 66.0 Å². The Balaban J connectivity index is 2.08. The van der Waals surface area contributed by atoms with Gasteiger partial charge in [-0.05, 0) is 25.7 Å². The molecular weight excluding hydrogens is 264 g/mol. The van der Waals surface area contributed by atoms with Crippen LogP contribution in [0.2, 0.25) is 0 Å². The molecule has 0 aliphatic heterocycles. The molecule has 0 amide bonds. The maximum atomic E-state index is 6.55. The van der Waals surface area contributed by atoms with Gasteiger partial charge in [-0.25, -0.2) is 9.67 Å². The van der Waals surface area contributed by atoms with Gasteiger partial charge in [0.15, 0.2) is 0 Å². The van der Waals surface area contributed by atoms with Crippen molar-refractivity contribution < 1.29 is 4.74 Å². The molecule has 1 unspecified atom stereocenters. The van der Waals surface area contributed by atoms with Gasteiger partial charge in [0.1, 0.15) is 12.2 Å². The number of rotatable bonds is 7. The van der Waals surface area contributed by atoms with Gasteiger partial charge < -0.3 is 10.5 Å². The van der Waals surface area contributed by atoms with Gasteiger partial charge in [-0.1, -0.05) is 33.1 Å². The van der Waals surface area contributed by atoms with Crippen molar-refractivity contribution in [3.63, 3.8) is 0 Å². The zero-order valence-corrected chi connectivity index (χ0v) is 13.7. The van der Waals surface area contributed by atoms with Crippen LogP contribution in [0.4, 0.5) is 0 Å². The zero-order chi connectivity index (χ0) is 15.3. The molecule has 2 rings (SSSR count). The van der Waals surface area contributed by atoms with Gasteiger partial charge in [-0.2, -0.15) is 5.10 Å². The first-order valence-electron chi connectivity index (χ1n) is 8.33. The predicted molar refractivity (Wildman–Crippen MR) is 84.0 cm³/mol. The van der Waals surface area contributed by atoms with Gasteiger partial charge in [-0.3, -0.25) is 0 Å². The fourth-order valence-electron chi connectivity index (χ4n) is 3.39. The number of aromatic nitrogens is 3. The zero-order valence-electron chi connectivity index (χ0n) is 13.7. The summed E-state index contributed by atoms with van der Waals surface area (Å²) in [5, 5.41) is 4.33. The van der Waals surface area contributed by atoms with Crippen LogP contribution in [-0.2, 0) is 17.7 Å². The molecule has 1 aliphatic rings. The van der Waals surface area contributed by atoms with Crippen LogP contribution in [0.3, 0.4) is 0 Å². The van der Waals surface area contributed by atoms with Crippen molar-refractivity contribution in [1.82, 2.24) is 14.8 Å². The lowest BCUT2D eigenvalue weighted by molar-refractivity contribution is -0.0822. The van der Waals surface area contributed by atoms with Crippen molar-refractivity contribution in [2.24, 2.45) is 11.7 Å². The van der Waals surface area contributed by atoms with Crippen LogP contribution >= 0.6 is 0 Å². The summed E-state index contributed by atoms with van der Waals surface area (Å²) in [6.07, 6.45) is 8.25. The third-order valence-electron chi connectivity index (χ3n) is 4.44. The van der Waals surface area contributed by atoms with Crippen LogP contribution in [0.5, 0.6) is 0 Å². The lowest BCUT2D eigenvalue weighted by atomic mass is 9.78. The molecule has 1 fully saturated rings. The third-order valence-corrected chi connectivity index (χ3v) is 4.44. The third kappa shape index (κ3) is 4.04. The number of ether oxygens (including phenoxy) is 1. The summed E-state index contributed by atoms with van der Waals surface area (Å²) in [4.78, 5) is 4.41. The summed E-state index contributed by atoms with van der Waals surface area (Å²) in [6.45, 7) is 8.06. The number of hydrogen-bond acceptors (Lipinski definition) is 4. The average molecular weight is 294 g/mol. The van der Waals surface area contributed by atoms with Crippen molar-refractivity contribution in [3.05, 3.63) is 12.2 Å². The molecule has 0 spiro atoms. The maximum Gasteiger partial charge on any atom is 0.138 e. The van der Waals surface area contributed by atoms with Gasteiger partial charge in [0, 0.05) is 25.6 Å². The Kier molecular flexibility index (Phi) is 5.76. The average Bonchev–Trinajstić information content (AvgIpc) is 2.86. The second-order valence-corrected chi connectivity index (χ2v) is 6.62. The highest BCUT2D eigenvalue weighted by Gasteiger charge is 2.39. The molecule has 5 heteroatoms. The predicted octanol–water partition coefficient (Wildman–Crippen LogP) is 2.54. The van der Waals surface area contributed by atoms with Crippen LogP contribution in [0.15, 0.2) is 6.33 Å². The van der Waals surface area contributed by atoms with Crippen molar-refractivity contribution in [2.45, 2.75) is 77.5 Å². The molecule has 0 radical (unpaired) electrons. The largest absolute Gasteiger partial charge is 0.374 e. The van der Waals surface area contributed by atoms with Crippen molar-refractivity contribution >= 4 is 0 Å². The lowest BCUT2D eigenvalue weighted by Crippen LogP contribution is -2.52. The standard InChI is InChI=1S/C16H30N4O/c1-4-21-16(8-6-5-7-9-16)14(17)10-15-18-12-19-20(15)11-13(2)3/h12-14H,4-11,17H2,1-3H3. The molecule has 0 aromatic carbocycles. The van der Waals surface area contributed by atoms with Crippen molar-refractivity contribution in [3.8, 4) is 0 Å². The molecule has 120 valence electrons. The van der Waals surface area contributed by atoms with Crippen LogP contribution in [0, 0.1) is 5.92 Å². The minimum atomic E-state index is -0.165. The van der Waals surface area contributed by atoms with E-state index < -0.39 is 0 Å². The van der Waals surface area contributed by atoms with E-state index in [1.807, 2.05) is 4.68 Å². The maximum absolute atomic E-state index is 6.55. The highest BCUT2D eigenvalue weighted by atomic mass is 16.5. The van der Waals surface area contributed by atoms with Gasteiger partial charge in [0.2, 0.25) is 0 Å². The molecule has 1 atom stereocenters. The first kappa shape index (κ1) is 16.4. The Labute approximate surface area is 128 Å². The van der Waals surface area contributed by atoms with E-state index >= 15 is 0 Å². The summed E-state index contributed by atoms with van der Waals surface area (Å²) in [5.74, 6) is 1.54. The minimum absolute atomic E-state index is 0.00661. The molecule has 1 saturated carbocycles. The van der Waals surface area contributed by atoms with Gasteiger partial charge in [-0.15, -0.1) is 0 Å². The minimum Gasteiger partial charge on any atom is -0.374 e. The molecule has 0 saturated heterocycles. The Morgan fingerprint density at radius 2 is 2.05 bits per heavy atom. The van der Waals surface area contributed by atoms with E-state index in [0.29, 0.717) is 5.92 Å². The normalized spacial score (nSPS) is 19.9. The molecule has 21 heavy (non-hydrogen) atoms. The molecule has 1 aliphatic carbocycles.